The molecule has 3 aromatic rings. The fourth-order valence-electron chi connectivity index (χ4n) is 2.89. The van der Waals surface area contributed by atoms with Crippen LogP contribution in [0.4, 0.5) is 5.69 Å². The standard InChI is InChI=1S/C18H16BrN5OS/c19-13-5-1-11(2-6-13)15-9-16(22-21-15)18(25)20-14-7-3-12(4-8-14)17-10-26-24-23-17/h1-8,10,15-16,21-22H,9H2,(H,20,25). The molecule has 1 fully saturated rings. The number of hydrogen-bond donors (Lipinski definition) is 3. The molecule has 8 heteroatoms. The highest BCUT2D eigenvalue weighted by atomic mass is 79.9. The number of rotatable bonds is 4. The van der Waals surface area contributed by atoms with Crippen molar-refractivity contribution >= 4 is 39.1 Å². The summed E-state index contributed by atoms with van der Waals surface area (Å²) in [5.74, 6) is -0.0554. The molecule has 132 valence electrons. The quantitative estimate of drug-likeness (QED) is 0.591. The molecule has 0 saturated carbocycles. The van der Waals surface area contributed by atoms with Crippen LogP contribution in [0.1, 0.15) is 18.0 Å². The van der Waals surface area contributed by atoms with E-state index in [4.69, 9.17) is 0 Å². The van der Waals surface area contributed by atoms with E-state index in [2.05, 4.69) is 53.8 Å². The van der Waals surface area contributed by atoms with E-state index in [-0.39, 0.29) is 18.0 Å². The van der Waals surface area contributed by atoms with Gasteiger partial charge in [0, 0.05) is 27.1 Å². The van der Waals surface area contributed by atoms with Gasteiger partial charge in [-0.1, -0.05) is 44.7 Å². The SMILES string of the molecule is O=C(Nc1ccc(-c2csnn2)cc1)C1CC(c2ccc(Br)cc2)NN1. The first-order chi connectivity index (χ1) is 12.7. The Morgan fingerprint density at radius 3 is 2.58 bits per heavy atom. The lowest BCUT2D eigenvalue weighted by molar-refractivity contribution is -0.117. The summed E-state index contributed by atoms with van der Waals surface area (Å²) in [6.07, 6.45) is 0.691. The Morgan fingerprint density at radius 2 is 1.88 bits per heavy atom. The maximum absolute atomic E-state index is 12.5. The van der Waals surface area contributed by atoms with Gasteiger partial charge in [0.15, 0.2) is 0 Å². The van der Waals surface area contributed by atoms with Crippen molar-refractivity contribution in [3.8, 4) is 11.3 Å². The molecule has 2 atom stereocenters. The molecule has 0 aliphatic carbocycles. The number of carbonyl (C=O) groups excluding carboxylic acids is 1. The largest absolute Gasteiger partial charge is 0.325 e. The Kier molecular flexibility index (Phi) is 5.07. The number of anilines is 1. The van der Waals surface area contributed by atoms with Crippen molar-refractivity contribution in [3.05, 3.63) is 63.9 Å². The van der Waals surface area contributed by atoms with Crippen LogP contribution in [0.3, 0.4) is 0 Å². The molecule has 0 radical (unpaired) electrons. The van der Waals surface area contributed by atoms with Crippen molar-refractivity contribution in [1.82, 2.24) is 20.4 Å². The summed E-state index contributed by atoms with van der Waals surface area (Å²) >= 11 is 4.75. The molecule has 2 aromatic carbocycles. The molecule has 1 aliphatic rings. The van der Waals surface area contributed by atoms with Gasteiger partial charge in [-0.15, -0.1) is 5.10 Å². The van der Waals surface area contributed by atoms with Crippen LogP contribution in [0.2, 0.25) is 0 Å². The maximum Gasteiger partial charge on any atom is 0.242 e. The fraction of sp³-hybridized carbons (Fsp3) is 0.167. The van der Waals surface area contributed by atoms with Gasteiger partial charge < -0.3 is 5.32 Å². The highest BCUT2D eigenvalue weighted by Gasteiger charge is 2.30. The molecule has 1 aromatic heterocycles. The van der Waals surface area contributed by atoms with Gasteiger partial charge in [-0.05, 0) is 47.8 Å². The second-order valence-electron chi connectivity index (χ2n) is 6.04. The van der Waals surface area contributed by atoms with Gasteiger partial charge in [0.25, 0.3) is 0 Å². The Hall–Kier alpha value is -2.13. The lowest BCUT2D eigenvalue weighted by atomic mass is 10.0. The summed E-state index contributed by atoms with van der Waals surface area (Å²) in [6, 6.07) is 15.5. The van der Waals surface area contributed by atoms with Gasteiger partial charge in [-0.3, -0.25) is 4.79 Å². The minimum atomic E-state index is -0.286. The third-order valence-corrected chi connectivity index (χ3v) is 5.33. The molecule has 2 heterocycles. The van der Waals surface area contributed by atoms with Crippen LogP contribution in [0.5, 0.6) is 0 Å². The van der Waals surface area contributed by atoms with Crippen LogP contribution in [0.25, 0.3) is 11.3 Å². The monoisotopic (exact) mass is 429 g/mol. The number of benzene rings is 2. The summed E-state index contributed by atoms with van der Waals surface area (Å²) in [5.41, 5.74) is 10.0. The molecule has 0 spiro atoms. The van der Waals surface area contributed by atoms with Crippen LogP contribution in [-0.2, 0) is 4.79 Å². The van der Waals surface area contributed by atoms with Crippen LogP contribution in [-0.4, -0.2) is 21.5 Å². The van der Waals surface area contributed by atoms with E-state index in [0.29, 0.717) is 6.42 Å². The van der Waals surface area contributed by atoms with E-state index in [9.17, 15) is 4.79 Å². The zero-order valence-electron chi connectivity index (χ0n) is 13.6. The van der Waals surface area contributed by atoms with E-state index in [1.54, 1.807) is 0 Å². The fourth-order valence-corrected chi connectivity index (χ4v) is 3.62. The first-order valence-corrected chi connectivity index (χ1v) is 9.77. The van der Waals surface area contributed by atoms with Gasteiger partial charge in [-0.2, -0.15) is 0 Å². The second kappa shape index (κ2) is 7.63. The maximum atomic E-state index is 12.5. The van der Waals surface area contributed by atoms with Crippen LogP contribution in [0, 0.1) is 0 Å². The lowest BCUT2D eigenvalue weighted by Crippen LogP contribution is -2.39. The van der Waals surface area contributed by atoms with Crippen molar-refractivity contribution in [1.29, 1.82) is 0 Å². The summed E-state index contributed by atoms with van der Waals surface area (Å²) in [6.45, 7) is 0. The van der Waals surface area contributed by atoms with E-state index in [1.807, 2.05) is 41.8 Å². The number of amides is 1. The van der Waals surface area contributed by atoms with Crippen LogP contribution in [0.15, 0.2) is 58.4 Å². The molecule has 26 heavy (non-hydrogen) atoms. The molecule has 3 N–H and O–H groups in total. The second-order valence-corrected chi connectivity index (χ2v) is 7.56. The predicted octanol–water partition coefficient (Wildman–Crippen LogP) is 3.51. The van der Waals surface area contributed by atoms with Crippen molar-refractivity contribution in [2.75, 3.05) is 5.32 Å². The zero-order valence-corrected chi connectivity index (χ0v) is 16.0. The van der Waals surface area contributed by atoms with Crippen molar-refractivity contribution < 1.29 is 4.79 Å². The summed E-state index contributed by atoms with van der Waals surface area (Å²) in [5, 5.41) is 8.89. The third-order valence-electron chi connectivity index (χ3n) is 4.30. The van der Waals surface area contributed by atoms with Gasteiger partial charge >= 0.3 is 0 Å². The lowest BCUT2D eigenvalue weighted by Gasteiger charge is -2.11. The van der Waals surface area contributed by atoms with Crippen LogP contribution >= 0.6 is 27.5 Å². The molecule has 4 rings (SSSR count). The third kappa shape index (κ3) is 3.83. The molecular weight excluding hydrogens is 414 g/mol. The van der Waals surface area contributed by atoms with Gasteiger partial charge in [-0.25, -0.2) is 10.9 Å². The minimum Gasteiger partial charge on any atom is -0.325 e. The topological polar surface area (TPSA) is 78.9 Å². The molecule has 0 bridgehead atoms. The number of aromatic nitrogens is 2. The Labute approximate surface area is 163 Å². The first kappa shape index (κ1) is 17.3. The van der Waals surface area contributed by atoms with E-state index < -0.39 is 0 Å². The molecular formula is C18H16BrN5OS. The number of nitrogens with zero attached hydrogens (tertiary/aromatic N) is 2. The Morgan fingerprint density at radius 1 is 1.12 bits per heavy atom. The minimum absolute atomic E-state index is 0.0554. The smallest absolute Gasteiger partial charge is 0.242 e. The van der Waals surface area contributed by atoms with Crippen molar-refractivity contribution in [2.24, 2.45) is 0 Å². The summed E-state index contributed by atoms with van der Waals surface area (Å²) in [7, 11) is 0. The average molecular weight is 430 g/mol. The number of hydrogen-bond acceptors (Lipinski definition) is 6. The highest BCUT2D eigenvalue weighted by molar-refractivity contribution is 9.10. The number of carbonyl (C=O) groups is 1. The van der Waals surface area contributed by atoms with Gasteiger partial charge in [0.2, 0.25) is 5.91 Å². The summed E-state index contributed by atoms with van der Waals surface area (Å²) < 4.78 is 4.90. The normalized spacial score (nSPS) is 19.4. The Balaban J connectivity index is 1.37. The Bertz CT molecular complexity index is 883. The van der Waals surface area contributed by atoms with Gasteiger partial charge in [0.1, 0.15) is 11.7 Å². The molecule has 1 aliphatic heterocycles. The average Bonchev–Trinajstić information content (AvgIpc) is 3.35. The van der Waals surface area contributed by atoms with Crippen molar-refractivity contribution in [3.63, 3.8) is 0 Å². The van der Waals surface area contributed by atoms with E-state index in [1.165, 1.54) is 11.5 Å². The van der Waals surface area contributed by atoms with E-state index >= 15 is 0 Å². The number of nitrogens with one attached hydrogen (secondary N) is 3. The molecule has 1 amide bonds. The van der Waals surface area contributed by atoms with E-state index in [0.717, 1.165) is 27.0 Å². The molecule has 6 nitrogen and oxygen atoms in total. The zero-order chi connectivity index (χ0) is 17.9. The number of hydrazine groups is 1. The first-order valence-electron chi connectivity index (χ1n) is 8.14. The summed E-state index contributed by atoms with van der Waals surface area (Å²) in [4.78, 5) is 12.5. The van der Waals surface area contributed by atoms with Crippen LogP contribution < -0.4 is 16.2 Å². The molecule has 2 unspecified atom stereocenters. The van der Waals surface area contributed by atoms with Gasteiger partial charge in [0.05, 0.1) is 0 Å². The molecule has 1 saturated heterocycles. The highest BCUT2D eigenvalue weighted by Crippen LogP contribution is 2.25. The predicted molar refractivity (Wildman–Crippen MR) is 106 cm³/mol. The number of halogens is 1. The van der Waals surface area contributed by atoms with Crippen molar-refractivity contribution in [2.45, 2.75) is 18.5 Å².